The average Bonchev–Trinajstić information content (AvgIpc) is 2.53. The minimum atomic E-state index is -4.71. The number of nitrogens with zero attached hydrogens (tertiary/aromatic N) is 2. The maximum absolute atomic E-state index is 12.2. The van der Waals surface area contributed by atoms with Crippen molar-refractivity contribution in [2.24, 2.45) is 10.7 Å². The first-order valence-corrected chi connectivity index (χ1v) is 8.78. The number of morpholine rings is 1. The minimum Gasteiger partial charge on any atom is -0.406 e. The third kappa shape index (κ3) is 6.91. The molecule has 3 N–H and O–H groups in total. The summed E-state index contributed by atoms with van der Waals surface area (Å²) >= 11 is 0. The lowest BCUT2D eigenvalue weighted by molar-refractivity contribution is -0.274. The van der Waals surface area contributed by atoms with Crippen LogP contribution in [0.15, 0.2) is 29.3 Å². The van der Waals surface area contributed by atoms with E-state index in [9.17, 15) is 13.2 Å². The molecule has 2 atom stereocenters. The van der Waals surface area contributed by atoms with Crippen molar-refractivity contribution in [1.82, 2.24) is 4.90 Å². The molecule has 1 fully saturated rings. The molecule has 0 aliphatic carbocycles. The number of alkyl halides is 3. The Balaban J connectivity index is 1.93. The standard InChI is InChI=1S/C18H27F3N4O2/c1-12-9-25(10-13(2)26-12)17(3,4)11-23-16(22)24-14-5-7-15(8-6-14)27-18(19,20)21/h5-8,12-13H,9-11H2,1-4H3,(H3,22,23,24). The van der Waals surface area contributed by atoms with Crippen molar-refractivity contribution in [3.8, 4) is 5.75 Å². The van der Waals surface area contributed by atoms with Gasteiger partial charge in [-0.3, -0.25) is 9.89 Å². The highest BCUT2D eigenvalue weighted by Gasteiger charge is 2.33. The van der Waals surface area contributed by atoms with E-state index in [4.69, 9.17) is 10.5 Å². The number of hydrogen-bond acceptors (Lipinski definition) is 4. The van der Waals surface area contributed by atoms with Crippen LogP contribution in [-0.2, 0) is 4.74 Å². The molecule has 0 radical (unpaired) electrons. The van der Waals surface area contributed by atoms with Crippen LogP contribution in [0.1, 0.15) is 27.7 Å². The molecule has 27 heavy (non-hydrogen) atoms. The third-order valence-corrected chi connectivity index (χ3v) is 4.27. The molecule has 1 aliphatic heterocycles. The van der Waals surface area contributed by atoms with Crippen LogP contribution in [-0.4, -0.2) is 54.6 Å². The number of benzene rings is 1. The van der Waals surface area contributed by atoms with E-state index in [1.165, 1.54) is 24.3 Å². The van der Waals surface area contributed by atoms with Crippen LogP contribution >= 0.6 is 0 Å². The van der Waals surface area contributed by atoms with Crippen LogP contribution in [0.25, 0.3) is 0 Å². The van der Waals surface area contributed by atoms with Gasteiger partial charge in [0.15, 0.2) is 5.96 Å². The van der Waals surface area contributed by atoms with E-state index in [-0.39, 0.29) is 29.5 Å². The van der Waals surface area contributed by atoms with Gasteiger partial charge in [0.05, 0.1) is 18.8 Å². The first-order valence-electron chi connectivity index (χ1n) is 8.78. The molecule has 1 aliphatic rings. The summed E-state index contributed by atoms with van der Waals surface area (Å²) in [5, 5.41) is 2.87. The van der Waals surface area contributed by atoms with E-state index in [0.29, 0.717) is 12.2 Å². The van der Waals surface area contributed by atoms with Crippen molar-refractivity contribution in [3.63, 3.8) is 0 Å². The fraction of sp³-hybridized carbons (Fsp3) is 0.611. The zero-order chi connectivity index (χ0) is 20.2. The summed E-state index contributed by atoms with van der Waals surface area (Å²) in [7, 11) is 0. The topological polar surface area (TPSA) is 72.1 Å². The van der Waals surface area contributed by atoms with Gasteiger partial charge in [-0.1, -0.05) is 0 Å². The predicted octanol–water partition coefficient (Wildman–Crippen LogP) is 3.20. The van der Waals surface area contributed by atoms with Crippen molar-refractivity contribution in [1.29, 1.82) is 0 Å². The number of anilines is 1. The van der Waals surface area contributed by atoms with Crippen molar-refractivity contribution in [2.75, 3.05) is 25.0 Å². The summed E-state index contributed by atoms with van der Waals surface area (Å²) in [5.74, 6) is -0.0952. The molecule has 1 aromatic rings. The van der Waals surface area contributed by atoms with E-state index in [2.05, 4.69) is 33.8 Å². The lowest BCUT2D eigenvalue weighted by Gasteiger charge is -2.44. The van der Waals surface area contributed by atoms with Crippen molar-refractivity contribution < 1.29 is 22.6 Å². The van der Waals surface area contributed by atoms with Gasteiger partial charge in [-0.25, -0.2) is 0 Å². The number of aliphatic imine (C=N–C) groups is 1. The molecule has 2 rings (SSSR count). The van der Waals surface area contributed by atoms with Crippen LogP contribution in [0.2, 0.25) is 0 Å². The quantitative estimate of drug-likeness (QED) is 0.599. The summed E-state index contributed by atoms with van der Waals surface area (Å²) in [6.07, 6.45) is -4.40. The third-order valence-electron chi connectivity index (χ3n) is 4.27. The zero-order valence-electron chi connectivity index (χ0n) is 16.0. The molecule has 0 saturated carbocycles. The first kappa shape index (κ1) is 21.3. The van der Waals surface area contributed by atoms with Gasteiger partial charge in [0, 0.05) is 24.3 Å². The summed E-state index contributed by atoms with van der Waals surface area (Å²) < 4.78 is 46.1. The minimum absolute atomic E-state index is 0.157. The Morgan fingerprint density at radius 2 is 1.78 bits per heavy atom. The molecule has 6 nitrogen and oxygen atoms in total. The predicted molar refractivity (Wildman–Crippen MR) is 98.9 cm³/mol. The summed E-state index contributed by atoms with van der Waals surface area (Å²) in [5.41, 5.74) is 6.24. The second kappa shape index (κ2) is 8.35. The monoisotopic (exact) mass is 388 g/mol. The van der Waals surface area contributed by atoms with Crippen LogP contribution in [0.5, 0.6) is 5.75 Å². The summed E-state index contributed by atoms with van der Waals surface area (Å²) in [6.45, 7) is 10.4. The summed E-state index contributed by atoms with van der Waals surface area (Å²) in [4.78, 5) is 6.71. The Labute approximate surface area is 157 Å². The van der Waals surface area contributed by atoms with Crippen LogP contribution in [0.4, 0.5) is 18.9 Å². The van der Waals surface area contributed by atoms with E-state index >= 15 is 0 Å². The van der Waals surface area contributed by atoms with Gasteiger partial charge in [-0.15, -0.1) is 13.2 Å². The Hall–Kier alpha value is -2.00. The Morgan fingerprint density at radius 3 is 2.30 bits per heavy atom. The Bertz CT molecular complexity index is 637. The second-order valence-electron chi connectivity index (χ2n) is 7.37. The molecule has 1 saturated heterocycles. The van der Waals surface area contributed by atoms with Gasteiger partial charge in [-0.2, -0.15) is 0 Å². The van der Waals surface area contributed by atoms with Crippen LogP contribution in [0, 0.1) is 0 Å². The maximum atomic E-state index is 12.2. The smallest absolute Gasteiger partial charge is 0.406 e. The molecule has 9 heteroatoms. The zero-order valence-corrected chi connectivity index (χ0v) is 16.0. The molecule has 1 heterocycles. The van der Waals surface area contributed by atoms with Gasteiger partial charge < -0.3 is 20.5 Å². The first-order chi connectivity index (χ1) is 12.4. The van der Waals surface area contributed by atoms with Gasteiger partial charge >= 0.3 is 6.36 Å². The molecule has 0 aromatic heterocycles. The highest BCUT2D eigenvalue weighted by Crippen LogP contribution is 2.24. The maximum Gasteiger partial charge on any atom is 0.573 e. The Morgan fingerprint density at radius 1 is 1.22 bits per heavy atom. The molecule has 0 spiro atoms. The molecule has 152 valence electrons. The number of rotatable bonds is 5. The highest BCUT2D eigenvalue weighted by atomic mass is 19.4. The van der Waals surface area contributed by atoms with Crippen molar-refractivity contribution in [3.05, 3.63) is 24.3 Å². The fourth-order valence-corrected chi connectivity index (χ4v) is 2.98. The molecular formula is C18H27F3N4O2. The number of nitrogens with two attached hydrogens (primary N) is 1. The number of guanidine groups is 1. The van der Waals surface area contributed by atoms with Crippen LogP contribution < -0.4 is 15.8 Å². The molecular weight excluding hydrogens is 361 g/mol. The number of ether oxygens (including phenoxy) is 2. The van der Waals surface area contributed by atoms with Crippen molar-refractivity contribution >= 4 is 11.6 Å². The average molecular weight is 388 g/mol. The lowest BCUT2D eigenvalue weighted by atomic mass is 10.0. The fourth-order valence-electron chi connectivity index (χ4n) is 2.98. The molecule has 0 amide bonds. The highest BCUT2D eigenvalue weighted by molar-refractivity contribution is 5.92. The van der Waals surface area contributed by atoms with E-state index in [1.54, 1.807) is 0 Å². The number of halogens is 3. The Kier molecular flexibility index (Phi) is 6.59. The molecule has 1 aromatic carbocycles. The molecule has 2 unspecified atom stereocenters. The SMILES string of the molecule is CC1CN(C(C)(C)CN=C(N)Nc2ccc(OC(F)(F)F)cc2)CC(C)O1. The largest absolute Gasteiger partial charge is 0.573 e. The van der Waals surface area contributed by atoms with E-state index in [1.807, 2.05) is 13.8 Å². The van der Waals surface area contributed by atoms with Crippen molar-refractivity contribution in [2.45, 2.75) is 51.8 Å². The van der Waals surface area contributed by atoms with E-state index in [0.717, 1.165) is 13.1 Å². The lowest BCUT2D eigenvalue weighted by Crippen LogP contribution is -2.56. The van der Waals surface area contributed by atoms with Gasteiger partial charge in [0.1, 0.15) is 5.75 Å². The van der Waals surface area contributed by atoms with Gasteiger partial charge in [0.2, 0.25) is 0 Å². The number of hydrogen-bond donors (Lipinski definition) is 2. The normalized spacial score (nSPS) is 22.6. The van der Waals surface area contributed by atoms with Gasteiger partial charge in [0.25, 0.3) is 0 Å². The molecule has 0 bridgehead atoms. The second-order valence-corrected chi connectivity index (χ2v) is 7.37. The van der Waals surface area contributed by atoms with E-state index < -0.39 is 6.36 Å². The summed E-state index contributed by atoms with van der Waals surface area (Å²) in [6, 6.07) is 5.31. The van der Waals surface area contributed by atoms with Crippen LogP contribution in [0.3, 0.4) is 0 Å². The number of nitrogens with one attached hydrogen (secondary N) is 1. The van der Waals surface area contributed by atoms with Gasteiger partial charge in [-0.05, 0) is 52.0 Å².